The van der Waals surface area contributed by atoms with Gasteiger partial charge in [-0.2, -0.15) is 0 Å². The quantitative estimate of drug-likeness (QED) is 0.198. The molecule has 3 rings (SSSR count). The number of anilines is 1. The Morgan fingerprint density at radius 2 is 2.05 bits per heavy atom. The summed E-state index contributed by atoms with van der Waals surface area (Å²) >= 11 is 0. The third-order valence-corrected chi connectivity index (χ3v) is 7.42. The number of amides is 1. The molecule has 0 bridgehead atoms. The van der Waals surface area contributed by atoms with E-state index in [2.05, 4.69) is 28.2 Å². The fourth-order valence-corrected chi connectivity index (χ4v) is 5.47. The number of amidine groups is 1. The van der Waals surface area contributed by atoms with Crippen molar-refractivity contribution in [3.63, 3.8) is 0 Å². The van der Waals surface area contributed by atoms with Crippen LogP contribution in [-0.4, -0.2) is 63.6 Å². The van der Waals surface area contributed by atoms with E-state index in [0.717, 1.165) is 50.8 Å². The smallest absolute Gasteiger partial charge is 0.264 e. The summed E-state index contributed by atoms with van der Waals surface area (Å²) in [6.07, 6.45) is 3.34. The number of piperidine rings is 1. The third kappa shape index (κ3) is 7.27. The minimum absolute atomic E-state index is 0.0240. The van der Waals surface area contributed by atoms with Crippen molar-refractivity contribution < 1.29 is 13.6 Å². The van der Waals surface area contributed by atoms with Crippen molar-refractivity contribution in [1.29, 1.82) is 5.41 Å². The summed E-state index contributed by atoms with van der Waals surface area (Å²) in [6, 6.07) is 3.68. The largest absolute Gasteiger partial charge is 0.394 e. The van der Waals surface area contributed by atoms with Crippen molar-refractivity contribution in [3.05, 3.63) is 35.0 Å². The first-order valence-electron chi connectivity index (χ1n) is 13.4. The van der Waals surface area contributed by atoms with Gasteiger partial charge in [0.2, 0.25) is 5.91 Å². The van der Waals surface area contributed by atoms with Crippen LogP contribution in [-0.2, 0) is 11.2 Å². The highest BCUT2D eigenvalue weighted by molar-refractivity contribution is 5.99. The molecule has 37 heavy (non-hydrogen) atoms. The van der Waals surface area contributed by atoms with E-state index in [1.165, 1.54) is 6.92 Å². The molecule has 8 nitrogen and oxygen atoms in total. The highest BCUT2D eigenvalue weighted by Gasteiger charge is 2.33. The Kier molecular flexibility index (Phi) is 10.8. The summed E-state index contributed by atoms with van der Waals surface area (Å²) in [4.78, 5) is 13.7. The van der Waals surface area contributed by atoms with E-state index >= 15 is 0 Å². The first-order chi connectivity index (χ1) is 17.8. The lowest BCUT2D eigenvalue weighted by Crippen LogP contribution is -2.54. The molecule has 0 saturated carbocycles. The number of alkyl halides is 2. The van der Waals surface area contributed by atoms with E-state index in [0.29, 0.717) is 41.8 Å². The van der Waals surface area contributed by atoms with Gasteiger partial charge in [-0.25, -0.2) is 8.78 Å². The number of nitrogens with two attached hydrogens (primary N) is 1. The van der Waals surface area contributed by atoms with Crippen LogP contribution in [0, 0.1) is 11.3 Å². The Labute approximate surface area is 219 Å². The van der Waals surface area contributed by atoms with Crippen LogP contribution in [0.15, 0.2) is 18.3 Å². The minimum atomic E-state index is -2.68. The number of hydrogen-bond acceptors (Lipinski definition) is 6. The fraction of sp³-hybridized carbons (Fsp3) is 0.630. The Morgan fingerprint density at radius 1 is 1.32 bits per heavy atom. The topological polar surface area (TPSA) is 118 Å². The molecule has 10 heteroatoms. The highest BCUT2D eigenvalue weighted by atomic mass is 19.3. The van der Waals surface area contributed by atoms with Gasteiger partial charge in [-0.15, -0.1) is 0 Å². The molecule has 2 heterocycles. The van der Waals surface area contributed by atoms with Crippen LogP contribution in [0.25, 0.3) is 5.57 Å². The maximum Gasteiger partial charge on any atom is 0.264 e. The molecule has 2 aliphatic heterocycles. The van der Waals surface area contributed by atoms with Gasteiger partial charge >= 0.3 is 0 Å². The third-order valence-electron chi connectivity index (χ3n) is 7.42. The van der Waals surface area contributed by atoms with E-state index in [9.17, 15) is 19.0 Å². The molecule has 1 fully saturated rings. The number of rotatable bonds is 11. The van der Waals surface area contributed by atoms with Gasteiger partial charge in [0.05, 0.1) is 0 Å². The van der Waals surface area contributed by atoms with Gasteiger partial charge in [0.25, 0.3) is 6.43 Å². The molecule has 2 aliphatic rings. The highest BCUT2D eigenvalue weighted by Crippen LogP contribution is 2.37. The lowest BCUT2D eigenvalue weighted by molar-refractivity contribution is -0.119. The zero-order valence-corrected chi connectivity index (χ0v) is 22.3. The molecule has 7 N–H and O–H groups in total. The lowest BCUT2D eigenvalue weighted by Gasteiger charge is -2.39. The molecular weight excluding hydrogens is 476 g/mol. The van der Waals surface area contributed by atoms with Gasteiger partial charge in [-0.1, -0.05) is 6.92 Å². The second-order valence-electron chi connectivity index (χ2n) is 9.92. The summed E-state index contributed by atoms with van der Waals surface area (Å²) in [6.45, 7) is 6.49. The van der Waals surface area contributed by atoms with Crippen molar-refractivity contribution in [2.45, 2.75) is 64.5 Å². The predicted octanol–water partition coefficient (Wildman–Crippen LogP) is 2.75. The normalized spacial score (nSPS) is 18.4. The summed E-state index contributed by atoms with van der Waals surface area (Å²) < 4.78 is 28.5. The molecule has 1 amide bonds. The summed E-state index contributed by atoms with van der Waals surface area (Å²) in [5.41, 5.74) is 8.47. The van der Waals surface area contributed by atoms with Gasteiger partial charge in [0, 0.05) is 69.1 Å². The van der Waals surface area contributed by atoms with E-state index < -0.39 is 6.43 Å². The average molecular weight is 520 g/mol. The summed E-state index contributed by atoms with van der Waals surface area (Å²) in [5.74, 6) is -0.0993. The second kappa shape index (κ2) is 13.8. The van der Waals surface area contributed by atoms with Crippen molar-refractivity contribution >= 4 is 23.0 Å². The molecule has 206 valence electrons. The molecule has 2 unspecified atom stereocenters. The predicted molar refractivity (Wildman–Crippen MR) is 146 cm³/mol. The van der Waals surface area contributed by atoms with Crippen LogP contribution in [0.2, 0.25) is 0 Å². The monoisotopic (exact) mass is 519 g/mol. The Balaban J connectivity index is 1.97. The molecule has 2 atom stereocenters. The van der Waals surface area contributed by atoms with Crippen molar-refractivity contribution in [2.75, 3.05) is 44.7 Å². The SMILES string of the molecule is CCC(NC1CCNCC1)C(CNC(C)=O)C(=N)N1CCCc2cc(/C(=C/NC)CN)c(C(F)F)cc21. The number of hydrogen-bond donors (Lipinski definition) is 6. The number of benzene rings is 1. The number of fused-ring (bicyclic) bond motifs is 1. The van der Waals surface area contributed by atoms with E-state index in [1.54, 1.807) is 19.3 Å². The number of aryl methyl sites for hydroxylation is 1. The van der Waals surface area contributed by atoms with E-state index in [-0.39, 0.29) is 30.0 Å². The van der Waals surface area contributed by atoms with Crippen molar-refractivity contribution in [2.24, 2.45) is 11.7 Å². The molecule has 1 aromatic rings. The molecular formula is C27H43F2N7O. The standard InChI is InChI=1S/C27H43F2N7O/c1-4-24(35-20-7-9-33-10-8-20)23(16-34-17(2)37)27(31)36-11-5-6-18-12-21(19(14-30)15-32-3)22(26(28)29)13-25(18)36/h12-13,15,20,23-24,26,31-33,35H,4-11,14,16,30H2,1-3H3,(H,34,37)/b19-15+,31-27?. The van der Waals surface area contributed by atoms with Gasteiger partial charge < -0.3 is 31.9 Å². The zero-order valence-electron chi connectivity index (χ0n) is 22.3. The van der Waals surface area contributed by atoms with Crippen LogP contribution in [0.1, 0.15) is 62.6 Å². The van der Waals surface area contributed by atoms with Crippen molar-refractivity contribution in [1.82, 2.24) is 21.3 Å². The van der Waals surface area contributed by atoms with Crippen LogP contribution < -0.4 is 31.9 Å². The minimum Gasteiger partial charge on any atom is -0.394 e. The first-order valence-corrected chi connectivity index (χ1v) is 13.4. The number of nitrogens with zero attached hydrogens (tertiary/aromatic N) is 1. The summed E-state index contributed by atoms with van der Waals surface area (Å²) in [5, 5.41) is 22.2. The fourth-order valence-electron chi connectivity index (χ4n) is 5.47. The number of carbonyl (C=O) groups excluding carboxylic acids is 1. The average Bonchev–Trinajstić information content (AvgIpc) is 2.90. The van der Waals surface area contributed by atoms with Gasteiger partial charge in [-0.05, 0) is 74.0 Å². The number of nitrogens with one attached hydrogen (secondary N) is 5. The second-order valence-corrected chi connectivity index (χ2v) is 9.92. The van der Waals surface area contributed by atoms with Crippen LogP contribution >= 0.6 is 0 Å². The Hall–Kier alpha value is -2.56. The van der Waals surface area contributed by atoms with Gasteiger partial charge in [-0.3, -0.25) is 10.2 Å². The summed E-state index contributed by atoms with van der Waals surface area (Å²) in [7, 11) is 1.72. The molecule has 0 spiro atoms. The Bertz CT molecular complexity index is 962. The van der Waals surface area contributed by atoms with Gasteiger partial charge in [0.1, 0.15) is 5.84 Å². The van der Waals surface area contributed by atoms with Crippen LogP contribution in [0.5, 0.6) is 0 Å². The van der Waals surface area contributed by atoms with Crippen LogP contribution in [0.4, 0.5) is 14.5 Å². The van der Waals surface area contributed by atoms with Crippen molar-refractivity contribution in [3.8, 4) is 0 Å². The van der Waals surface area contributed by atoms with Crippen LogP contribution in [0.3, 0.4) is 0 Å². The molecule has 1 saturated heterocycles. The molecule has 0 radical (unpaired) electrons. The number of carbonyl (C=O) groups is 1. The molecule has 0 aliphatic carbocycles. The Morgan fingerprint density at radius 3 is 2.65 bits per heavy atom. The zero-order chi connectivity index (χ0) is 26.9. The maximum absolute atomic E-state index is 14.3. The molecule has 0 aromatic heterocycles. The lowest BCUT2D eigenvalue weighted by atomic mass is 9.89. The van der Waals surface area contributed by atoms with E-state index in [1.807, 2.05) is 11.0 Å². The van der Waals surface area contributed by atoms with E-state index in [4.69, 9.17) is 5.73 Å². The van der Waals surface area contributed by atoms with Gasteiger partial charge in [0.15, 0.2) is 0 Å². The maximum atomic E-state index is 14.3. The molecule has 1 aromatic carbocycles. The number of halogens is 2. The first kappa shape index (κ1) is 29.0.